The zero-order valence-electron chi connectivity index (χ0n) is 34.0. The third kappa shape index (κ3) is 13.4. The van der Waals surface area contributed by atoms with Gasteiger partial charge in [0.15, 0.2) is 4.96 Å². The number of carbonyl (C=O) groups is 5. The topological polar surface area (TPSA) is 263 Å². The molecule has 2 aromatic heterocycles. The fourth-order valence-corrected chi connectivity index (χ4v) is 7.35. The molecule has 1 aliphatic heterocycles. The molecule has 0 saturated heterocycles. The number of hydroxylamine groups is 2. The van der Waals surface area contributed by atoms with Gasteiger partial charge in [0.2, 0.25) is 11.8 Å². The van der Waals surface area contributed by atoms with Crippen LogP contribution in [-0.4, -0.2) is 101 Å². The number of nitrogens with two attached hydrogens (primary N) is 2. The lowest BCUT2D eigenvalue weighted by Crippen LogP contribution is -2.42. The summed E-state index contributed by atoms with van der Waals surface area (Å²) in [6.07, 6.45) is 7.70. The van der Waals surface area contributed by atoms with Crippen molar-refractivity contribution in [2.24, 2.45) is 11.5 Å². The number of imidazole rings is 1. The minimum Gasteiger partial charge on any atom is -0.785 e. The highest BCUT2D eigenvalue weighted by molar-refractivity contribution is 8.02. The molecule has 0 saturated carbocycles. The highest BCUT2D eigenvalue weighted by Crippen LogP contribution is 2.27. The number of thiazole rings is 1. The van der Waals surface area contributed by atoms with Crippen LogP contribution in [0.25, 0.3) is 4.96 Å². The number of rotatable bonds is 22. The number of carbonyl (C=O) groups excluding carboxylic acids is 5. The molecule has 5 rings (SSSR count). The Hall–Kier alpha value is -6.13. The van der Waals surface area contributed by atoms with Gasteiger partial charge in [-0.1, -0.05) is 0 Å². The van der Waals surface area contributed by atoms with E-state index >= 15 is 0 Å². The summed E-state index contributed by atoms with van der Waals surface area (Å²) in [7, 11) is 2.92. The van der Waals surface area contributed by atoms with Crippen molar-refractivity contribution in [1.82, 2.24) is 35.3 Å². The van der Waals surface area contributed by atoms with Crippen LogP contribution < -0.4 is 47.5 Å². The summed E-state index contributed by atoms with van der Waals surface area (Å²) in [6, 6.07) is 8.74. The number of hydrogen-bond acceptors (Lipinski definition) is 15. The minimum absolute atomic E-state index is 0.0144. The van der Waals surface area contributed by atoms with Gasteiger partial charge < -0.3 is 62.7 Å². The quantitative estimate of drug-likeness (QED) is 0.0340. The molecule has 21 heteroatoms. The van der Waals surface area contributed by atoms with Gasteiger partial charge in [0.05, 0.1) is 31.2 Å². The van der Waals surface area contributed by atoms with E-state index in [0.717, 1.165) is 5.06 Å². The van der Waals surface area contributed by atoms with Crippen molar-refractivity contribution in [2.45, 2.75) is 50.6 Å². The largest absolute Gasteiger partial charge is 0.785 e. The Kier molecular flexibility index (Phi) is 16.9. The molecule has 9 N–H and O–H groups in total. The zero-order chi connectivity index (χ0) is 43.9. The van der Waals surface area contributed by atoms with Gasteiger partial charge in [0.1, 0.15) is 22.9 Å². The molecule has 3 heterocycles. The minimum atomic E-state index is -0.930. The second kappa shape index (κ2) is 22.5. The first kappa shape index (κ1) is 45.9. The van der Waals surface area contributed by atoms with E-state index in [1.165, 1.54) is 31.6 Å². The van der Waals surface area contributed by atoms with Crippen molar-refractivity contribution in [3.63, 3.8) is 0 Å². The highest BCUT2D eigenvalue weighted by Gasteiger charge is 2.19. The second-order valence-corrected chi connectivity index (χ2v) is 15.8. The van der Waals surface area contributed by atoms with Crippen LogP contribution in [0.5, 0.6) is 11.5 Å². The van der Waals surface area contributed by atoms with Crippen LogP contribution in [0.15, 0.2) is 77.7 Å². The van der Waals surface area contributed by atoms with Gasteiger partial charge in [-0.2, -0.15) is 0 Å². The standard InChI is InChI=1S/C40H50N11O8S2/c1-25-49(16-18-60-25)23-31(42)38(55)46-27-6-9-33(58-2)26(20-27)22-51(57)15-5-14-45-37(54)30(41)8-11-35(52)43-12-4-13-44-36(53)29-21-28(7-10-34(29)59-3)47-39(56)32-24-50-17-19-61-40(50)48-32/h6-7,9-10,16-21,23-25,30H,4-5,8,11-15,22,41-42H2,1-3H3,(H,43,52)(H,44,53)(H,45,54)(H,46,55)(H,47,56)/q-1/b31-23-. The van der Waals surface area contributed by atoms with E-state index in [4.69, 9.17) is 20.9 Å². The maximum Gasteiger partial charge on any atom is 0.275 e. The first-order valence-corrected chi connectivity index (χ1v) is 21.1. The van der Waals surface area contributed by atoms with Gasteiger partial charge in [0, 0.05) is 79.7 Å². The average Bonchev–Trinajstić information content (AvgIpc) is 3.98. The molecule has 326 valence electrons. The molecule has 5 amide bonds. The lowest BCUT2D eigenvalue weighted by Gasteiger charge is -2.29. The van der Waals surface area contributed by atoms with Gasteiger partial charge in [-0.15, -0.1) is 23.1 Å². The van der Waals surface area contributed by atoms with Crippen LogP contribution >= 0.6 is 23.1 Å². The molecule has 1 aliphatic rings. The number of nitrogens with zero attached hydrogens (tertiary/aromatic N) is 4. The number of amides is 5. The Balaban J connectivity index is 0.946. The fraction of sp³-hybridized carbons (Fsp3) is 0.350. The zero-order valence-corrected chi connectivity index (χ0v) is 35.6. The van der Waals surface area contributed by atoms with Crippen LogP contribution in [0, 0.1) is 5.21 Å². The first-order valence-electron chi connectivity index (χ1n) is 19.3. The van der Waals surface area contributed by atoms with Crippen molar-refractivity contribution < 1.29 is 33.4 Å². The maximum atomic E-state index is 13.0. The Morgan fingerprint density at radius 3 is 2.41 bits per heavy atom. The lowest BCUT2D eigenvalue weighted by atomic mass is 10.1. The number of anilines is 2. The maximum absolute atomic E-state index is 13.0. The van der Waals surface area contributed by atoms with Crippen molar-refractivity contribution in [2.75, 3.05) is 51.0 Å². The van der Waals surface area contributed by atoms with Crippen molar-refractivity contribution >= 4 is 69.0 Å². The van der Waals surface area contributed by atoms with E-state index in [2.05, 4.69) is 31.6 Å². The molecule has 4 aromatic rings. The van der Waals surface area contributed by atoms with E-state index in [1.807, 2.05) is 28.8 Å². The summed E-state index contributed by atoms with van der Waals surface area (Å²) in [6.45, 7) is 2.76. The van der Waals surface area contributed by atoms with Gasteiger partial charge >= 0.3 is 0 Å². The molecular weight excluding hydrogens is 827 g/mol. The molecule has 61 heavy (non-hydrogen) atoms. The Morgan fingerprint density at radius 2 is 1.69 bits per heavy atom. The van der Waals surface area contributed by atoms with Gasteiger partial charge in [0.25, 0.3) is 17.7 Å². The fourth-order valence-electron chi connectivity index (χ4n) is 5.94. The number of fused-ring (bicyclic) bond motifs is 1. The summed E-state index contributed by atoms with van der Waals surface area (Å²) in [5, 5.41) is 31.2. The van der Waals surface area contributed by atoms with E-state index < -0.39 is 29.7 Å². The number of methoxy groups -OCH3 is 2. The number of ether oxygens (including phenoxy) is 2. The predicted molar refractivity (Wildman–Crippen MR) is 235 cm³/mol. The van der Waals surface area contributed by atoms with E-state index in [-0.39, 0.29) is 73.8 Å². The van der Waals surface area contributed by atoms with E-state index in [1.54, 1.807) is 65.1 Å². The average molecular weight is 877 g/mol. The predicted octanol–water partition coefficient (Wildman–Crippen LogP) is 3.12. The van der Waals surface area contributed by atoms with E-state index in [0.29, 0.717) is 46.2 Å². The van der Waals surface area contributed by atoms with Crippen LogP contribution in [0.1, 0.15) is 59.0 Å². The highest BCUT2D eigenvalue weighted by atomic mass is 32.2. The summed E-state index contributed by atoms with van der Waals surface area (Å²) >= 11 is 3.01. The summed E-state index contributed by atoms with van der Waals surface area (Å²) in [5.74, 6) is -1.28. The number of nitrogens with one attached hydrogen (secondary N) is 5. The monoisotopic (exact) mass is 876 g/mol. The molecule has 0 fully saturated rings. The number of hydrogen-bond donors (Lipinski definition) is 7. The molecule has 2 atom stereocenters. The Morgan fingerprint density at radius 1 is 0.967 bits per heavy atom. The SMILES string of the molecule is COc1ccc(NC(=O)/C(N)=C/N2C=CSC2C)cc1CN([O-])CCCNC(=O)C(N)CCC(=O)NCCCNC(=O)c1cc(NC(=O)c2cn3ccsc3n2)ccc1OC. The van der Waals surface area contributed by atoms with Gasteiger partial charge in [-0.05, 0) is 74.5 Å². The molecule has 0 aliphatic carbocycles. The van der Waals surface area contributed by atoms with Crippen molar-refractivity contribution in [1.29, 1.82) is 0 Å². The summed E-state index contributed by atoms with van der Waals surface area (Å²) < 4.78 is 12.5. The van der Waals surface area contributed by atoms with Gasteiger partial charge in [-0.25, -0.2) is 4.98 Å². The van der Waals surface area contributed by atoms with Crippen LogP contribution in [-0.2, 0) is 20.9 Å². The lowest BCUT2D eigenvalue weighted by molar-refractivity contribution is -0.123. The number of aromatic nitrogens is 2. The summed E-state index contributed by atoms with van der Waals surface area (Å²) in [5.41, 5.74) is 13.9. The second-order valence-electron chi connectivity index (χ2n) is 13.7. The first-order chi connectivity index (χ1) is 29.3. The molecule has 2 unspecified atom stereocenters. The van der Waals surface area contributed by atoms with Crippen molar-refractivity contribution in [3.05, 3.63) is 99.7 Å². The third-order valence-electron chi connectivity index (χ3n) is 9.26. The number of thioether (sulfide) groups is 1. The molecule has 0 radical (unpaired) electrons. The molecule has 0 bridgehead atoms. The van der Waals surface area contributed by atoms with Gasteiger partial charge in [-0.3, -0.25) is 28.4 Å². The molecule has 19 nitrogen and oxygen atoms in total. The normalized spacial score (nSPS) is 14.2. The molecule has 2 aromatic carbocycles. The Labute approximate surface area is 360 Å². The third-order valence-corrected chi connectivity index (χ3v) is 10.9. The van der Waals surface area contributed by atoms with Crippen LogP contribution in [0.3, 0.4) is 0 Å². The molecule has 0 spiro atoms. The summed E-state index contributed by atoms with van der Waals surface area (Å²) in [4.78, 5) is 70.2. The van der Waals surface area contributed by atoms with Crippen LogP contribution in [0.4, 0.5) is 11.4 Å². The molecular formula is C40H50N11O8S2-. The Bertz CT molecular complexity index is 2220. The smallest absolute Gasteiger partial charge is 0.275 e. The van der Waals surface area contributed by atoms with E-state index in [9.17, 15) is 29.2 Å². The number of benzene rings is 2. The van der Waals surface area contributed by atoms with Crippen LogP contribution in [0.2, 0.25) is 0 Å². The van der Waals surface area contributed by atoms with Crippen molar-refractivity contribution in [3.8, 4) is 11.5 Å².